The van der Waals surface area contributed by atoms with Crippen molar-refractivity contribution in [1.29, 1.82) is 0 Å². The van der Waals surface area contributed by atoms with Crippen LogP contribution in [0.3, 0.4) is 0 Å². The zero-order valence-electron chi connectivity index (χ0n) is 12.6. The van der Waals surface area contributed by atoms with Crippen LogP contribution in [-0.2, 0) is 11.2 Å². The molecule has 5 nitrogen and oxygen atoms in total. The zero-order chi connectivity index (χ0) is 17.1. The van der Waals surface area contributed by atoms with Crippen molar-refractivity contribution in [3.8, 4) is 0 Å². The molecule has 1 aromatic heterocycles. The van der Waals surface area contributed by atoms with E-state index < -0.39 is 23.7 Å². The molecule has 2 aromatic carbocycles. The van der Waals surface area contributed by atoms with Gasteiger partial charge < -0.3 is 15.4 Å². The Hall–Kier alpha value is -3.15. The number of rotatable bonds is 5. The maximum atomic E-state index is 13.2. The highest BCUT2D eigenvalue weighted by Crippen LogP contribution is 2.17. The number of hydrogen-bond acceptors (Lipinski definition) is 2. The number of aromatic nitrogens is 1. The van der Waals surface area contributed by atoms with Crippen molar-refractivity contribution in [3.05, 3.63) is 71.7 Å². The number of nitrogens with one attached hydrogen (secondary N) is 2. The van der Waals surface area contributed by atoms with Gasteiger partial charge in [0.15, 0.2) is 0 Å². The molecule has 1 unspecified atom stereocenters. The second kappa shape index (κ2) is 6.54. The first kappa shape index (κ1) is 15.7. The number of carboxylic acid groups (broad SMARTS) is 1. The van der Waals surface area contributed by atoms with Crippen molar-refractivity contribution in [2.24, 2.45) is 0 Å². The number of carbonyl (C=O) groups excluding carboxylic acids is 1. The number of benzene rings is 2. The second-order valence-electron chi connectivity index (χ2n) is 5.47. The number of aromatic amines is 1. The lowest BCUT2D eigenvalue weighted by Crippen LogP contribution is -2.42. The van der Waals surface area contributed by atoms with Gasteiger partial charge in [0.2, 0.25) is 0 Å². The predicted octanol–water partition coefficient (Wildman–Crippen LogP) is 2.73. The molecule has 3 aromatic rings. The molecule has 0 spiro atoms. The topological polar surface area (TPSA) is 82.2 Å². The van der Waals surface area contributed by atoms with E-state index in [2.05, 4.69) is 10.3 Å². The fourth-order valence-electron chi connectivity index (χ4n) is 2.51. The van der Waals surface area contributed by atoms with Crippen molar-refractivity contribution in [2.75, 3.05) is 0 Å². The molecular formula is C18H15FN2O3. The van der Waals surface area contributed by atoms with E-state index in [4.69, 9.17) is 0 Å². The summed E-state index contributed by atoms with van der Waals surface area (Å²) in [5.41, 5.74) is 1.61. The first-order chi connectivity index (χ1) is 11.5. The van der Waals surface area contributed by atoms with Gasteiger partial charge in [-0.15, -0.1) is 0 Å². The van der Waals surface area contributed by atoms with Crippen LogP contribution in [0, 0.1) is 5.82 Å². The summed E-state index contributed by atoms with van der Waals surface area (Å²) in [6.45, 7) is 0. The van der Waals surface area contributed by atoms with Crippen LogP contribution in [0.25, 0.3) is 10.9 Å². The van der Waals surface area contributed by atoms with Crippen LogP contribution in [0.4, 0.5) is 4.39 Å². The lowest BCUT2D eigenvalue weighted by molar-refractivity contribution is -0.139. The van der Waals surface area contributed by atoms with Crippen molar-refractivity contribution in [2.45, 2.75) is 12.5 Å². The maximum Gasteiger partial charge on any atom is 0.326 e. The van der Waals surface area contributed by atoms with Gasteiger partial charge >= 0.3 is 5.97 Å². The third kappa shape index (κ3) is 3.43. The van der Waals surface area contributed by atoms with E-state index >= 15 is 0 Å². The van der Waals surface area contributed by atoms with Crippen molar-refractivity contribution >= 4 is 22.8 Å². The summed E-state index contributed by atoms with van der Waals surface area (Å²) in [5, 5.41) is 12.4. The zero-order valence-corrected chi connectivity index (χ0v) is 12.6. The van der Waals surface area contributed by atoms with E-state index in [0.717, 1.165) is 5.56 Å². The molecule has 3 rings (SSSR count). The molecule has 0 fully saturated rings. The van der Waals surface area contributed by atoms with E-state index in [9.17, 15) is 19.1 Å². The van der Waals surface area contributed by atoms with Gasteiger partial charge in [-0.2, -0.15) is 0 Å². The molecule has 0 aliphatic carbocycles. The molecule has 1 atom stereocenters. The number of fused-ring (bicyclic) bond motifs is 1. The highest BCUT2D eigenvalue weighted by Gasteiger charge is 2.22. The van der Waals surface area contributed by atoms with Gasteiger partial charge in [0.1, 0.15) is 17.6 Å². The molecule has 0 bridgehead atoms. The van der Waals surface area contributed by atoms with Crippen molar-refractivity contribution < 1.29 is 19.1 Å². The first-order valence-electron chi connectivity index (χ1n) is 7.39. The van der Waals surface area contributed by atoms with E-state index in [1.165, 1.54) is 24.3 Å². The Morgan fingerprint density at radius 1 is 1.12 bits per heavy atom. The maximum absolute atomic E-state index is 13.2. The molecule has 1 amide bonds. The van der Waals surface area contributed by atoms with Crippen LogP contribution in [0.5, 0.6) is 0 Å². The van der Waals surface area contributed by atoms with E-state index in [1.807, 2.05) is 18.2 Å². The van der Waals surface area contributed by atoms with Gasteiger partial charge in [0.05, 0.1) is 0 Å². The van der Waals surface area contributed by atoms with Gasteiger partial charge in [-0.3, -0.25) is 4.79 Å². The predicted molar refractivity (Wildman–Crippen MR) is 87.3 cm³/mol. The molecule has 122 valence electrons. The standard InChI is InChI=1S/C18H15FN2O3/c19-13-6-7-14-12(9-13)10-15(20-14)17(22)21-16(18(23)24)8-11-4-2-1-3-5-11/h1-7,9-10,16,20H,8H2,(H,21,22)(H,23,24). The summed E-state index contributed by atoms with van der Waals surface area (Å²) in [4.78, 5) is 26.6. The number of hydrogen-bond donors (Lipinski definition) is 3. The molecular weight excluding hydrogens is 311 g/mol. The summed E-state index contributed by atoms with van der Waals surface area (Å²) in [5.74, 6) is -2.06. The minimum absolute atomic E-state index is 0.177. The van der Waals surface area contributed by atoms with Crippen molar-refractivity contribution in [3.63, 3.8) is 0 Å². The van der Waals surface area contributed by atoms with Crippen molar-refractivity contribution in [1.82, 2.24) is 10.3 Å². The number of H-pyrrole nitrogens is 1. The molecule has 0 aliphatic rings. The van der Waals surface area contributed by atoms with Crippen LogP contribution in [0.1, 0.15) is 16.1 Å². The average molecular weight is 326 g/mol. The number of aliphatic carboxylic acids is 1. The molecule has 0 saturated carbocycles. The average Bonchev–Trinajstić information content (AvgIpc) is 2.98. The minimum Gasteiger partial charge on any atom is -0.480 e. The first-order valence-corrected chi connectivity index (χ1v) is 7.39. The fraction of sp³-hybridized carbons (Fsp3) is 0.111. The number of carbonyl (C=O) groups is 2. The van der Waals surface area contributed by atoms with Crippen LogP contribution in [-0.4, -0.2) is 28.0 Å². The lowest BCUT2D eigenvalue weighted by atomic mass is 10.1. The van der Waals surface area contributed by atoms with Gasteiger partial charge in [0.25, 0.3) is 5.91 Å². The van der Waals surface area contributed by atoms with E-state index in [0.29, 0.717) is 10.9 Å². The summed E-state index contributed by atoms with van der Waals surface area (Å²) >= 11 is 0. The highest BCUT2D eigenvalue weighted by atomic mass is 19.1. The summed E-state index contributed by atoms with van der Waals surface area (Å²) in [6.07, 6.45) is 0.177. The van der Waals surface area contributed by atoms with Gasteiger partial charge in [-0.25, -0.2) is 9.18 Å². The second-order valence-corrected chi connectivity index (χ2v) is 5.47. The summed E-state index contributed by atoms with van der Waals surface area (Å²) in [7, 11) is 0. The molecule has 0 aliphatic heterocycles. The third-order valence-corrected chi connectivity index (χ3v) is 3.71. The SMILES string of the molecule is O=C(NC(Cc1ccccc1)C(=O)O)c1cc2cc(F)ccc2[nH]1. The molecule has 0 radical (unpaired) electrons. The third-order valence-electron chi connectivity index (χ3n) is 3.71. The number of carboxylic acids is 1. The summed E-state index contributed by atoms with van der Waals surface area (Å²) < 4.78 is 13.2. The molecule has 3 N–H and O–H groups in total. The summed E-state index contributed by atoms with van der Waals surface area (Å²) in [6, 6.07) is 13.6. The Balaban J connectivity index is 1.78. The monoisotopic (exact) mass is 326 g/mol. The molecule has 24 heavy (non-hydrogen) atoms. The Labute approximate surface area is 137 Å². The normalized spacial score (nSPS) is 12.0. The lowest BCUT2D eigenvalue weighted by Gasteiger charge is -2.14. The van der Waals surface area contributed by atoms with Gasteiger partial charge in [0, 0.05) is 17.3 Å². The van der Waals surface area contributed by atoms with Crippen LogP contribution >= 0.6 is 0 Å². The fourth-order valence-corrected chi connectivity index (χ4v) is 2.51. The highest BCUT2D eigenvalue weighted by molar-refractivity contribution is 5.99. The quantitative estimate of drug-likeness (QED) is 0.674. The minimum atomic E-state index is -1.12. The van der Waals surface area contributed by atoms with Gasteiger partial charge in [-0.05, 0) is 29.8 Å². The Morgan fingerprint density at radius 3 is 2.58 bits per heavy atom. The number of amides is 1. The van der Waals surface area contributed by atoms with Crippen LogP contribution in [0.2, 0.25) is 0 Å². The number of halogens is 1. The molecule has 0 saturated heterocycles. The largest absolute Gasteiger partial charge is 0.480 e. The van der Waals surface area contributed by atoms with Crippen LogP contribution in [0.15, 0.2) is 54.6 Å². The van der Waals surface area contributed by atoms with Crippen LogP contribution < -0.4 is 5.32 Å². The Kier molecular flexibility index (Phi) is 4.29. The molecule has 1 heterocycles. The molecule has 6 heteroatoms. The van der Waals surface area contributed by atoms with E-state index in [-0.39, 0.29) is 12.1 Å². The Bertz CT molecular complexity index is 890. The van der Waals surface area contributed by atoms with Gasteiger partial charge in [-0.1, -0.05) is 30.3 Å². The smallest absolute Gasteiger partial charge is 0.326 e. The van der Waals surface area contributed by atoms with E-state index in [1.54, 1.807) is 12.1 Å². The Morgan fingerprint density at radius 2 is 1.88 bits per heavy atom.